The highest BCUT2D eigenvalue weighted by molar-refractivity contribution is 5.02. The third-order valence-electron chi connectivity index (χ3n) is 18.0. The van der Waals surface area contributed by atoms with Crippen molar-refractivity contribution in [2.75, 3.05) is 92.5 Å². The molecule has 21 fully saturated rings. The van der Waals surface area contributed by atoms with Gasteiger partial charge in [-0.3, -0.25) is 0 Å². The summed E-state index contributed by atoms with van der Waals surface area (Å²) in [4.78, 5) is 0. The minimum atomic E-state index is -2.24. The van der Waals surface area contributed by atoms with Crippen molar-refractivity contribution in [3.63, 3.8) is 0 Å². The molecule has 0 radical (unpaired) electrons. The summed E-state index contributed by atoms with van der Waals surface area (Å²) in [6, 6.07) is 0. The highest BCUT2D eigenvalue weighted by Gasteiger charge is 2.60. The molecule has 21 aliphatic heterocycles. The van der Waals surface area contributed by atoms with Gasteiger partial charge in [-0.1, -0.05) is 0 Å². The molecule has 0 aromatic carbocycles. The Morgan fingerprint density at radius 2 is 0.286 bits per heavy atom. The van der Waals surface area contributed by atoms with Gasteiger partial charge in [0.15, 0.2) is 44.0 Å². The van der Waals surface area contributed by atoms with E-state index in [2.05, 4.69) is 0 Å². The van der Waals surface area contributed by atoms with Gasteiger partial charge in [-0.2, -0.15) is 0 Å². The van der Waals surface area contributed by atoms with Crippen LogP contribution in [0.25, 0.3) is 0 Å². The molecule has 21 N–H and O–H groups in total. The van der Waals surface area contributed by atoms with Crippen LogP contribution < -0.4 is 0 Å². The average Bonchev–Trinajstić information content (AvgIpc) is 0.785. The van der Waals surface area contributed by atoms with Gasteiger partial charge in [-0.25, -0.2) is 0 Å². The van der Waals surface area contributed by atoms with Crippen LogP contribution in [0.1, 0.15) is 48.5 Å². The fraction of sp³-hybridized carbons (Fsp3) is 1.00. The minimum Gasteiger partial charge on any atom is -0.391 e. The third-order valence-corrected chi connectivity index (χ3v) is 18.0. The standard InChI is InChI=1S/C63H112O42/c1-22(64)8-85-15-29-50-36(71)43(78)57(92-29)100-51-30(16-86-9-23(2)65)94-59(45(80)38(51)73)102-53-32(18-88-11-25(4)67)96-61(47(82)40(53)75)104-55-34(20-90-13-27(6)69)98-63(49(84)42(55)77)105-56-35(21-91-14-28(7)70)97-62(48(83)41(56)76)103-54-33(19-89-12-26(5)68)95-60(46(81)39(54)74)101-52-31(17-87-10-24(3)66)93-58(99-50)44(79)37(52)72/h22-84H,8-21H2,1-7H3/t22?,23?,24?,25?,26?,27?,28?,29-,30-,31-,32-,33-,34-,35-,36-,37-,38-,39-,40-,41-,42-,43-,44-,45-,46-,47-,48-,49-,50-,51-,52-,53-,54-,55-,56-,57-,58-,59-,60-,61-,62-,63-/m0/s1. The maximum Gasteiger partial charge on any atom is 0.187 e. The van der Waals surface area contributed by atoms with Gasteiger partial charge in [0.05, 0.1) is 135 Å². The van der Waals surface area contributed by atoms with E-state index in [0.717, 1.165) is 0 Å². The molecule has 21 heterocycles. The van der Waals surface area contributed by atoms with E-state index in [1.165, 1.54) is 48.5 Å². The Morgan fingerprint density at radius 1 is 0.181 bits per heavy atom. The van der Waals surface area contributed by atoms with Crippen LogP contribution in [0, 0.1) is 0 Å². The first-order chi connectivity index (χ1) is 49.6. The van der Waals surface area contributed by atoms with Gasteiger partial charge in [-0.15, -0.1) is 0 Å². The molecule has 21 saturated heterocycles. The lowest BCUT2D eigenvalue weighted by Crippen LogP contribution is -2.68. The largest absolute Gasteiger partial charge is 0.391 e. The lowest BCUT2D eigenvalue weighted by Gasteiger charge is -2.50. The quantitative estimate of drug-likeness (QED) is 0.0346. The summed E-state index contributed by atoms with van der Waals surface area (Å²) < 4.78 is 126. The number of hydrogen-bond donors (Lipinski definition) is 21. The first kappa shape index (κ1) is 88.9. The third kappa shape index (κ3) is 23.7. The summed E-state index contributed by atoms with van der Waals surface area (Å²) in [6.45, 7) is 2.51. The van der Waals surface area contributed by atoms with Crippen LogP contribution in [-0.4, -0.2) is 457 Å². The van der Waals surface area contributed by atoms with Crippen molar-refractivity contribution in [3.8, 4) is 0 Å². The van der Waals surface area contributed by atoms with Crippen molar-refractivity contribution in [2.45, 2.75) is 306 Å². The molecule has 14 bridgehead atoms. The summed E-state index contributed by atoms with van der Waals surface area (Å²) in [5.41, 5.74) is 0. The van der Waals surface area contributed by atoms with E-state index in [9.17, 15) is 107 Å². The van der Waals surface area contributed by atoms with Crippen LogP contribution in [0.3, 0.4) is 0 Å². The summed E-state index contributed by atoms with van der Waals surface area (Å²) >= 11 is 0. The van der Waals surface area contributed by atoms with E-state index in [1.807, 2.05) is 0 Å². The predicted octanol–water partition coefficient (Wildman–Crippen LogP) is -12.4. The fourth-order valence-electron chi connectivity index (χ4n) is 12.8. The lowest BCUT2D eigenvalue weighted by molar-refractivity contribution is -0.398. The zero-order chi connectivity index (χ0) is 77.0. The molecule has 7 unspecified atom stereocenters. The van der Waals surface area contributed by atoms with Gasteiger partial charge in [0, 0.05) is 0 Å². The Bertz CT molecular complexity index is 2000. The van der Waals surface area contributed by atoms with Gasteiger partial charge >= 0.3 is 0 Å². The van der Waals surface area contributed by atoms with Crippen molar-refractivity contribution in [2.24, 2.45) is 0 Å². The number of rotatable bonds is 28. The Kier molecular flexibility index (Phi) is 35.0. The average molecular weight is 1540 g/mol. The topological polar surface area (TPSA) is 619 Å². The molecule has 0 aromatic heterocycles. The Morgan fingerprint density at radius 3 is 0.381 bits per heavy atom. The van der Waals surface area contributed by atoms with Crippen molar-refractivity contribution in [3.05, 3.63) is 0 Å². The van der Waals surface area contributed by atoms with Gasteiger partial charge in [0.1, 0.15) is 171 Å². The molecular weight excluding hydrogens is 1430 g/mol. The van der Waals surface area contributed by atoms with E-state index in [1.54, 1.807) is 0 Å². The fourth-order valence-corrected chi connectivity index (χ4v) is 12.8. The maximum atomic E-state index is 12.1. The molecule has 42 nitrogen and oxygen atoms in total. The SMILES string of the molecule is CC(O)COC[C@@H]1O[C@H]2O[C@@H]3[C@@H](O)[C@H](O)[C@H](O[C@@H]4[C@@H](O)[C@H](O)[C@H](O[C@@H]5[C@@H](O)[C@H](O)[C@H](O[C@@H]6[C@@H](O)[C@H](O)[C@H](O[C@@H]7[C@@H](O)[C@H](O)[C@H](O[C@@H]8[C@@H](O)[C@H](O)[C@H](O[C@@H]1[C@@H](O)[C@@H]2O)O[C@H]8COCC(C)O)O[C@H]7COCC(C)O)O[C@H]6COCC(C)O)O[C@H]5COCC(C)O)O[C@H]4COCC(C)O)O[C@H]3COCC(C)O. The molecule has 0 saturated carbocycles. The molecule has 0 spiro atoms. The molecule has 616 valence electrons. The van der Waals surface area contributed by atoms with E-state index in [0.29, 0.717) is 0 Å². The molecular formula is C63H112O42. The van der Waals surface area contributed by atoms with Gasteiger partial charge < -0.3 is 207 Å². The molecule has 21 rings (SSSR count). The van der Waals surface area contributed by atoms with Crippen molar-refractivity contribution in [1.82, 2.24) is 0 Å². The predicted molar refractivity (Wildman–Crippen MR) is 336 cm³/mol. The van der Waals surface area contributed by atoms with Crippen molar-refractivity contribution < 1.29 is 207 Å². The Labute approximate surface area is 603 Å². The molecule has 21 aliphatic rings. The minimum absolute atomic E-state index is 0.379. The Hall–Kier alpha value is -1.68. The first-order valence-electron chi connectivity index (χ1n) is 35.2. The highest BCUT2D eigenvalue weighted by atomic mass is 16.8. The second-order valence-corrected chi connectivity index (χ2v) is 28.1. The number of aliphatic hydroxyl groups is 21. The van der Waals surface area contributed by atoms with Crippen LogP contribution in [0.2, 0.25) is 0 Å². The van der Waals surface area contributed by atoms with Gasteiger partial charge in [0.2, 0.25) is 0 Å². The zero-order valence-electron chi connectivity index (χ0n) is 59.1. The zero-order valence-corrected chi connectivity index (χ0v) is 59.1. The molecule has 42 atom stereocenters. The van der Waals surface area contributed by atoms with Crippen LogP contribution in [0.15, 0.2) is 0 Å². The molecule has 0 aliphatic carbocycles. The van der Waals surface area contributed by atoms with Crippen molar-refractivity contribution >= 4 is 0 Å². The highest BCUT2D eigenvalue weighted by Crippen LogP contribution is 2.40. The van der Waals surface area contributed by atoms with Crippen LogP contribution in [-0.2, 0) is 99.5 Å². The van der Waals surface area contributed by atoms with E-state index in [4.69, 9.17) is 99.5 Å². The van der Waals surface area contributed by atoms with Crippen LogP contribution in [0.5, 0.6) is 0 Å². The van der Waals surface area contributed by atoms with Gasteiger partial charge in [0.25, 0.3) is 0 Å². The molecule has 0 amide bonds. The van der Waals surface area contributed by atoms with E-state index < -0.39 is 304 Å². The summed E-state index contributed by atoms with van der Waals surface area (Å²) in [5.74, 6) is 0. The molecule has 42 heteroatoms. The Balaban J connectivity index is 1.20. The number of hydrogen-bond acceptors (Lipinski definition) is 42. The van der Waals surface area contributed by atoms with Gasteiger partial charge in [-0.05, 0) is 48.5 Å². The summed E-state index contributed by atoms with van der Waals surface area (Å²) in [5, 5.41) is 240. The second kappa shape index (κ2) is 41.4. The summed E-state index contributed by atoms with van der Waals surface area (Å²) in [7, 11) is 0. The second-order valence-electron chi connectivity index (χ2n) is 28.1. The van der Waals surface area contributed by atoms with E-state index in [-0.39, 0.29) is 46.2 Å². The first-order valence-corrected chi connectivity index (χ1v) is 35.2. The van der Waals surface area contributed by atoms with Crippen LogP contribution in [0.4, 0.5) is 0 Å². The van der Waals surface area contributed by atoms with Crippen molar-refractivity contribution in [1.29, 1.82) is 0 Å². The molecule has 0 aromatic rings. The smallest absolute Gasteiger partial charge is 0.187 e. The van der Waals surface area contributed by atoms with E-state index >= 15 is 0 Å². The monoisotopic (exact) mass is 1540 g/mol. The normalized spacial score (nSPS) is 46.0. The molecule has 105 heavy (non-hydrogen) atoms. The lowest BCUT2D eigenvalue weighted by atomic mass is 9.95. The maximum absolute atomic E-state index is 12.1. The number of aliphatic hydroxyl groups excluding tert-OH is 21. The number of ether oxygens (including phenoxy) is 21. The summed E-state index contributed by atoms with van der Waals surface area (Å²) in [6.07, 6.45) is -78.0. The van der Waals surface area contributed by atoms with Crippen LogP contribution >= 0.6 is 0 Å².